The van der Waals surface area contributed by atoms with Crippen molar-refractivity contribution in [3.8, 4) is 0 Å². The maximum atomic E-state index is 12.0. The van der Waals surface area contributed by atoms with Crippen LogP contribution < -0.4 is 10.5 Å². The van der Waals surface area contributed by atoms with Crippen LogP contribution in [0, 0.1) is 13.8 Å². The number of aryl methyl sites for hydroxylation is 2. The Balaban J connectivity index is 2.11. The van der Waals surface area contributed by atoms with Crippen molar-refractivity contribution in [1.29, 1.82) is 0 Å². The van der Waals surface area contributed by atoms with Crippen molar-refractivity contribution >= 4 is 27.3 Å². The van der Waals surface area contributed by atoms with E-state index < -0.39 is 10.0 Å². The lowest BCUT2D eigenvalue weighted by Crippen LogP contribution is -2.23. The average Bonchev–Trinajstić information content (AvgIpc) is 2.67. The van der Waals surface area contributed by atoms with Crippen molar-refractivity contribution in [2.45, 2.75) is 25.3 Å². The van der Waals surface area contributed by atoms with Crippen LogP contribution in [0.15, 0.2) is 23.4 Å². The van der Waals surface area contributed by atoms with Gasteiger partial charge in [0.25, 0.3) is 0 Å². The number of hydrogen-bond donors (Lipinski definition) is 2. The highest BCUT2D eigenvalue weighted by Crippen LogP contribution is 2.20. The second kappa shape index (κ2) is 5.24. The summed E-state index contributed by atoms with van der Waals surface area (Å²) in [5.74, 6) is 0.0449. The molecule has 2 heterocycles. The third kappa shape index (κ3) is 3.28. The van der Waals surface area contributed by atoms with Gasteiger partial charge in [-0.3, -0.25) is 0 Å². The van der Waals surface area contributed by atoms with Gasteiger partial charge in [0, 0.05) is 16.3 Å². The maximum absolute atomic E-state index is 12.0. The van der Waals surface area contributed by atoms with Gasteiger partial charge in [-0.1, -0.05) is 0 Å². The Kier molecular flexibility index (Phi) is 3.83. The minimum atomic E-state index is -3.60. The zero-order valence-electron chi connectivity index (χ0n) is 10.5. The van der Waals surface area contributed by atoms with Crippen LogP contribution in [0.3, 0.4) is 0 Å². The summed E-state index contributed by atoms with van der Waals surface area (Å²) in [5.41, 5.74) is 6.48. The Bertz CT molecular complexity index is 658. The van der Waals surface area contributed by atoms with E-state index in [1.807, 2.05) is 19.9 Å². The highest BCUT2D eigenvalue weighted by atomic mass is 32.2. The fourth-order valence-corrected chi connectivity index (χ4v) is 3.43. The molecule has 19 heavy (non-hydrogen) atoms. The number of nitrogens with one attached hydrogen (secondary N) is 1. The molecular weight excluding hydrogens is 284 g/mol. The molecule has 0 saturated heterocycles. The monoisotopic (exact) mass is 298 g/mol. The van der Waals surface area contributed by atoms with Crippen LogP contribution in [-0.2, 0) is 16.6 Å². The van der Waals surface area contributed by atoms with Crippen LogP contribution in [0.25, 0.3) is 0 Å². The van der Waals surface area contributed by atoms with Crippen LogP contribution >= 0.6 is 11.3 Å². The van der Waals surface area contributed by atoms with E-state index in [2.05, 4.69) is 14.7 Å². The first kappa shape index (κ1) is 13.9. The van der Waals surface area contributed by atoms with Gasteiger partial charge in [0.2, 0.25) is 16.0 Å². The van der Waals surface area contributed by atoms with Gasteiger partial charge >= 0.3 is 0 Å². The van der Waals surface area contributed by atoms with Crippen molar-refractivity contribution in [2.75, 3.05) is 5.73 Å². The zero-order chi connectivity index (χ0) is 14.0. The lowest BCUT2D eigenvalue weighted by Gasteiger charge is -2.04. The molecule has 0 atom stereocenters. The fourth-order valence-electron chi connectivity index (χ4n) is 1.45. The molecule has 6 nitrogen and oxygen atoms in total. The third-order valence-corrected chi connectivity index (χ3v) is 5.12. The number of nitrogen functional groups attached to an aromatic ring is 1. The summed E-state index contributed by atoms with van der Waals surface area (Å²) in [6, 6.07) is 1.97. The molecule has 8 heteroatoms. The molecule has 2 aromatic heterocycles. The first-order valence-corrected chi connectivity index (χ1v) is 7.81. The number of hydrogen-bond acceptors (Lipinski definition) is 6. The van der Waals surface area contributed by atoms with Gasteiger partial charge in [0.1, 0.15) is 4.90 Å². The molecule has 0 fully saturated rings. The number of anilines is 1. The Morgan fingerprint density at radius 2 is 1.95 bits per heavy atom. The fraction of sp³-hybridized carbons (Fsp3) is 0.273. The van der Waals surface area contributed by atoms with Gasteiger partial charge in [-0.2, -0.15) is 0 Å². The van der Waals surface area contributed by atoms with Crippen molar-refractivity contribution in [2.24, 2.45) is 0 Å². The predicted octanol–water partition coefficient (Wildman–Crippen LogP) is 1.22. The molecule has 3 N–H and O–H groups in total. The second-order valence-corrected chi connectivity index (χ2v) is 7.16. The first-order chi connectivity index (χ1) is 8.88. The van der Waals surface area contributed by atoms with Gasteiger partial charge in [0.05, 0.1) is 12.4 Å². The molecule has 2 aromatic rings. The van der Waals surface area contributed by atoms with E-state index in [1.165, 1.54) is 17.3 Å². The summed E-state index contributed by atoms with van der Waals surface area (Å²) in [4.78, 5) is 9.50. The largest absolute Gasteiger partial charge is 0.368 e. The Morgan fingerprint density at radius 1 is 1.32 bits per heavy atom. The van der Waals surface area contributed by atoms with Gasteiger partial charge in [0.15, 0.2) is 0 Å². The van der Waals surface area contributed by atoms with Crippen LogP contribution in [0.2, 0.25) is 0 Å². The topological polar surface area (TPSA) is 98.0 Å². The Morgan fingerprint density at radius 3 is 2.47 bits per heavy atom. The smallest absolute Gasteiger partial charge is 0.243 e. The molecular formula is C11H14N4O2S2. The molecule has 102 valence electrons. The van der Waals surface area contributed by atoms with E-state index in [1.54, 1.807) is 11.3 Å². The number of sulfonamides is 1. The molecule has 0 aliphatic carbocycles. The molecule has 0 aromatic carbocycles. The van der Waals surface area contributed by atoms with E-state index in [0.717, 1.165) is 10.4 Å². The van der Waals surface area contributed by atoms with Crippen molar-refractivity contribution < 1.29 is 8.42 Å². The molecule has 0 amide bonds. The highest BCUT2D eigenvalue weighted by Gasteiger charge is 2.15. The van der Waals surface area contributed by atoms with Gasteiger partial charge in [-0.05, 0) is 25.5 Å². The summed E-state index contributed by atoms with van der Waals surface area (Å²) >= 11 is 1.57. The van der Waals surface area contributed by atoms with Crippen LogP contribution in [0.5, 0.6) is 0 Å². The van der Waals surface area contributed by atoms with E-state index in [0.29, 0.717) is 0 Å². The maximum Gasteiger partial charge on any atom is 0.243 e. The average molecular weight is 298 g/mol. The first-order valence-electron chi connectivity index (χ1n) is 5.51. The number of aromatic nitrogens is 2. The number of rotatable bonds is 4. The van der Waals surface area contributed by atoms with E-state index in [9.17, 15) is 8.42 Å². The molecule has 0 aliphatic rings. The van der Waals surface area contributed by atoms with Crippen LogP contribution in [0.4, 0.5) is 5.95 Å². The predicted molar refractivity (Wildman–Crippen MR) is 74.3 cm³/mol. The quantitative estimate of drug-likeness (QED) is 0.884. The van der Waals surface area contributed by atoms with Crippen LogP contribution in [0.1, 0.15) is 15.3 Å². The standard InChI is InChI=1S/C11H14N4O2S2/c1-7-3-9(18-8(7)2)4-15-19(16,17)10-5-13-11(12)14-6-10/h3,5-6,15H,4H2,1-2H3,(H2,12,13,14). The van der Waals surface area contributed by atoms with Crippen molar-refractivity contribution in [1.82, 2.24) is 14.7 Å². The Labute approximate surface area is 115 Å². The molecule has 2 rings (SSSR count). The highest BCUT2D eigenvalue weighted by molar-refractivity contribution is 7.89. The van der Waals surface area contributed by atoms with Gasteiger partial charge in [-0.15, -0.1) is 11.3 Å². The van der Waals surface area contributed by atoms with E-state index in [-0.39, 0.29) is 17.4 Å². The third-order valence-electron chi connectivity index (χ3n) is 2.61. The molecule has 0 radical (unpaired) electrons. The molecule has 0 unspecified atom stereocenters. The number of nitrogens with zero attached hydrogens (tertiary/aromatic N) is 2. The zero-order valence-corrected chi connectivity index (χ0v) is 12.2. The van der Waals surface area contributed by atoms with Crippen molar-refractivity contribution in [3.63, 3.8) is 0 Å². The van der Waals surface area contributed by atoms with Gasteiger partial charge in [-0.25, -0.2) is 23.1 Å². The summed E-state index contributed by atoms with van der Waals surface area (Å²) in [6.07, 6.45) is 2.38. The van der Waals surface area contributed by atoms with Crippen LogP contribution in [-0.4, -0.2) is 18.4 Å². The van der Waals surface area contributed by atoms with Crippen molar-refractivity contribution in [3.05, 3.63) is 33.8 Å². The summed E-state index contributed by atoms with van der Waals surface area (Å²) in [6.45, 7) is 4.26. The normalized spacial score (nSPS) is 11.7. The SMILES string of the molecule is Cc1cc(CNS(=O)(=O)c2cnc(N)nc2)sc1C. The van der Waals surface area contributed by atoms with Gasteiger partial charge < -0.3 is 5.73 Å². The summed E-state index contributed by atoms with van der Waals surface area (Å²) < 4.78 is 26.5. The summed E-state index contributed by atoms with van der Waals surface area (Å²) in [5, 5.41) is 0. The minimum Gasteiger partial charge on any atom is -0.368 e. The molecule has 0 aliphatic heterocycles. The molecule has 0 saturated carbocycles. The number of thiophene rings is 1. The van der Waals surface area contributed by atoms with E-state index >= 15 is 0 Å². The number of nitrogens with two attached hydrogens (primary N) is 1. The summed E-state index contributed by atoms with van der Waals surface area (Å²) in [7, 11) is -3.60. The van der Waals surface area contributed by atoms with E-state index in [4.69, 9.17) is 5.73 Å². The Hall–Kier alpha value is -1.51. The lowest BCUT2D eigenvalue weighted by molar-refractivity contribution is 0.581. The molecule has 0 bridgehead atoms. The second-order valence-electron chi connectivity index (χ2n) is 4.05. The molecule has 0 spiro atoms. The minimum absolute atomic E-state index is 0.00620. The lowest BCUT2D eigenvalue weighted by atomic mass is 10.3.